The molecule has 2 aromatic carbocycles. The third-order valence-corrected chi connectivity index (χ3v) is 4.67. The number of allylic oxidation sites excluding steroid dienone is 2. The number of hydrogen-bond donors (Lipinski definition) is 3. The molecule has 140 valence electrons. The fraction of sp³-hybridized carbons (Fsp3) is 0.227. The predicted molar refractivity (Wildman–Crippen MR) is 109 cm³/mol. The van der Waals surface area contributed by atoms with Crippen LogP contribution in [0.15, 0.2) is 72.1 Å². The van der Waals surface area contributed by atoms with Crippen molar-refractivity contribution in [3.63, 3.8) is 0 Å². The molecule has 0 fully saturated rings. The van der Waals surface area contributed by atoms with Gasteiger partial charge in [0.25, 0.3) is 5.91 Å². The molecule has 3 N–H and O–H groups in total. The molecule has 0 saturated heterocycles. The SMILES string of the molecule is C=C1CC(NC(C)c2ccccc2)=C1Nc1cccc(C(=O)N(C)C)c1O. The van der Waals surface area contributed by atoms with Crippen LogP contribution in [-0.2, 0) is 0 Å². The van der Waals surface area contributed by atoms with Crippen LogP contribution in [0.4, 0.5) is 5.69 Å². The van der Waals surface area contributed by atoms with Crippen LogP contribution in [-0.4, -0.2) is 30.0 Å². The van der Waals surface area contributed by atoms with Crippen molar-refractivity contribution in [2.75, 3.05) is 19.4 Å². The van der Waals surface area contributed by atoms with Crippen molar-refractivity contribution in [3.05, 3.63) is 83.2 Å². The van der Waals surface area contributed by atoms with Gasteiger partial charge in [-0.3, -0.25) is 4.79 Å². The molecule has 1 unspecified atom stereocenters. The number of benzene rings is 2. The van der Waals surface area contributed by atoms with E-state index in [0.717, 1.165) is 23.4 Å². The maximum absolute atomic E-state index is 12.2. The second-order valence-corrected chi connectivity index (χ2v) is 6.94. The van der Waals surface area contributed by atoms with E-state index < -0.39 is 0 Å². The van der Waals surface area contributed by atoms with Crippen LogP contribution in [0.1, 0.15) is 35.3 Å². The molecule has 1 aliphatic rings. The molecule has 1 atom stereocenters. The number of phenolic OH excluding ortho intramolecular Hbond substituents is 1. The van der Waals surface area contributed by atoms with E-state index in [2.05, 4.69) is 36.3 Å². The monoisotopic (exact) mass is 363 g/mol. The number of carbonyl (C=O) groups excluding carboxylic acids is 1. The molecule has 0 radical (unpaired) electrons. The summed E-state index contributed by atoms with van der Waals surface area (Å²) in [7, 11) is 3.32. The zero-order valence-electron chi connectivity index (χ0n) is 15.9. The largest absolute Gasteiger partial charge is 0.505 e. The van der Waals surface area contributed by atoms with E-state index in [1.807, 2.05) is 18.2 Å². The van der Waals surface area contributed by atoms with Gasteiger partial charge in [-0.25, -0.2) is 0 Å². The van der Waals surface area contributed by atoms with E-state index in [0.29, 0.717) is 5.69 Å². The Kier molecular flexibility index (Phi) is 5.21. The molecule has 0 spiro atoms. The summed E-state index contributed by atoms with van der Waals surface area (Å²) >= 11 is 0. The molecular weight excluding hydrogens is 338 g/mol. The minimum absolute atomic E-state index is 0.0566. The van der Waals surface area contributed by atoms with Gasteiger partial charge in [0, 0.05) is 32.3 Å². The quantitative estimate of drug-likeness (QED) is 0.678. The summed E-state index contributed by atoms with van der Waals surface area (Å²) in [6.07, 6.45) is 0.761. The van der Waals surface area contributed by atoms with Crippen molar-refractivity contribution >= 4 is 11.6 Å². The van der Waals surface area contributed by atoms with Gasteiger partial charge >= 0.3 is 0 Å². The lowest BCUT2D eigenvalue weighted by Crippen LogP contribution is -2.28. The summed E-state index contributed by atoms with van der Waals surface area (Å²) in [4.78, 5) is 13.7. The minimum atomic E-state index is -0.242. The van der Waals surface area contributed by atoms with Gasteiger partial charge in [-0.2, -0.15) is 0 Å². The van der Waals surface area contributed by atoms with Gasteiger partial charge < -0.3 is 20.6 Å². The third-order valence-electron chi connectivity index (χ3n) is 4.67. The molecule has 3 rings (SSSR count). The lowest BCUT2D eigenvalue weighted by Gasteiger charge is -2.31. The second kappa shape index (κ2) is 7.58. The number of anilines is 1. The number of rotatable bonds is 6. The van der Waals surface area contributed by atoms with Crippen LogP contribution in [0.5, 0.6) is 5.75 Å². The summed E-state index contributed by atoms with van der Waals surface area (Å²) in [5, 5.41) is 17.3. The van der Waals surface area contributed by atoms with Crippen molar-refractivity contribution in [3.8, 4) is 5.75 Å². The number of para-hydroxylation sites is 1. The highest BCUT2D eigenvalue weighted by Gasteiger charge is 2.25. The van der Waals surface area contributed by atoms with Crippen LogP contribution in [0.3, 0.4) is 0 Å². The van der Waals surface area contributed by atoms with Gasteiger partial charge in [0.15, 0.2) is 5.75 Å². The Hall–Kier alpha value is -3.21. The van der Waals surface area contributed by atoms with E-state index in [1.165, 1.54) is 10.5 Å². The Labute approximate surface area is 160 Å². The maximum atomic E-state index is 12.2. The zero-order valence-corrected chi connectivity index (χ0v) is 15.9. The van der Waals surface area contributed by atoms with Crippen LogP contribution < -0.4 is 10.6 Å². The highest BCUT2D eigenvalue weighted by atomic mass is 16.3. The molecule has 5 heteroatoms. The predicted octanol–water partition coefficient (Wildman–Crippen LogP) is 4.03. The number of phenols is 1. The van der Waals surface area contributed by atoms with Crippen LogP contribution in [0, 0.1) is 0 Å². The first-order valence-electron chi connectivity index (χ1n) is 8.92. The fourth-order valence-electron chi connectivity index (χ4n) is 3.06. The molecule has 5 nitrogen and oxygen atoms in total. The highest BCUT2D eigenvalue weighted by molar-refractivity contribution is 5.98. The lowest BCUT2D eigenvalue weighted by molar-refractivity contribution is 0.0824. The minimum Gasteiger partial charge on any atom is -0.505 e. The molecule has 0 bridgehead atoms. The van der Waals surface area contributed by atoms with E-state index in [9.17, 15) is 9.90 Å². The molecule has 1 amide bonds. The second-order valence-electron chi connectivity index (χ2n) is 6.94. The van der Waals surface area contributed by atoms with Gasteiger partial charge in [-0.15, -0.1) is 0 Å². The lowest BCUT2D eigenvalue weighted by atomic mass is 9.93. The Bertz CT molecular complexity index is 901. The van der Waals surface area contributed by atoms with Gasteiger partial charge in [0.1, 0.15) is 0 Å². The average Bonchev–Trinajstić information content (AvgIpc) is 2.66. The van der Waals surface area contributed by atoms with Crippen molar-refractivity contribution in [1.29, 1.82) is 0 Å². The number of aromatic hydroxyl groups is 1. The normalized spacial score (nSPS) is 14.4. The average molecular weight is 363 g/mol. The van der Waals surface area contributed by atoms with E-state index in [1.54, 1.807) is 32.3 Å². The summed E-state index contributed by atoms with van der Waals surface area (Å²) in [6, 6.07) is 15.5. The summed E-state index contributed by atoms with van der Waals surface area (Å²) in [6.45, 7) is 6.17. The van der Waals surface area contributed by atoms with E-state index in [-0.39, 0.29) is 23.3 Å². The molecule has 2 aromatic rings. The maximum Gasteiger partial charge on any atom is 0.257 e. The van der Waals surface area contributed by atoms with Crippen molar-refractivity contribution in [2.45, 2.75) is 19.4 Å². The Morgan fingerprint density at radius 2 is 1.85 bits per heavy atom. The molecule has 0 aromatic heterocycles. The summed E-state index contributed by atoms with van der Waals surface area (Å²) < 4.78 is 0. The highest BCUT2D eigenvalue weighted by Crippen LogP contribution is 2.37. The van der Waals surface area contributed by atoms with Crippen molar-refractivity contribution < 1.29 is 9.90 Å². The van der Waals surface area contributed by atoms with Gasteiger partial charge in [-0.1, -0.05) is 43.0 Å². The van der Waals surface area contributed by atoms with Gasteiger partial charge in [0.2, 0.25) is 0 Å². The Morgan fingerprint density at radius 1 is 1.15 bits per heavy atom. The molecule has 0 heterocycles. The molecular formula is C22H25N3O2. The molecule has 27 heavy (non-hydrogen) atoms. The molecule has 1 aliphatic carbocycles. The fourth-order valence-corrected chi connectivity index (χ4v) is 3.06. The Morgan fingerprint density at radius 3 is 2.48 bits per heavy atom. The van der Waals surface area contributed by atoms with Crippen molar-refractivity contribution in [2.24, 2.45) is 0 Å². The number of amides is 1. The zero-order chi connectivity index (χ0) is 19.6. The van der Waals surface area contributed by atoms with Gasteiger partial charge in [-0.05, 0) is 30.2 Å². The standard InChI is InChI=1S/C22H25N3O2/c1-14-13-19(23-15(2)16-9-6-5-7-10-16)20(14)24-18-12-8-11-17(21(18)26)22(27)25(3)4/h5-12,15,23-24,26H,1,13H2,2-4H3. The molecule has 0 saturated carbocycles. The smallest absolute Gasteiger partial charge is 0.257 e. The van der Waals surface area contributed by atoms with Crippen molar-refractivity contribution in [1.82, 2.24) is 10.2 Å². The van der Waals surface area contributed by atoms with Gasteiger partial charge in [0.05, 0.1) is 16.9 Å². The third kappa shape index (κ3) is 3.82. The number of hydrogen-bond acceptors (Lipinski definition) is 4. The van der Waals surface area contributed by atoms with E-state index >= 15 is 0 Å². The number of nitrogens with one attached hydrogen (secondary N) is 2. The summed E-state index contributed by atoms with van der Waals surface area (Å²) in [5.74, 6) is -0.299. The van der Waals surface area contributed by atoms with E-state index in [4.69, 9.17) is 0 Å². The topological polar surface area (TPSA) is 64.6 Å². The van der Waals surface area contributed by atoms with Crippen LogP contribution in [0.2, 0.25) is 0 Å². The first-order valence-corrected chi connectivity index (χ1v) is 8.92. The Balaban J connectivity index is 1.82. The first-order chi connectivity index (χ1) is 12.9. The number of carbonyl (C=O) groups is 1. The number of nitrogens with zero attached hydrogens (tertiary/aromatic N) is 1. The first kappa shape index (κ1) is 18.6. The summed E-state index contributed by atoms with van der Waals surface area (Å²) in [5.41, 5.74) is 4.82. The molecule has 0 aliphatic heterocycles. The van der Waals surface area contributed by atoms with Crippen LogP contribution >= 0.6 is 0 Å². The van der Waals surface area contributed by atoms with Crippen LogP contribution in [0.25, 0.3) is 0 Å².